The topological polar surface area (TPSA) is 91.4 Å². The number of aromatic nitrogens is 3. The molecule has 3 N–H and O–H groups in total. The van der Waals surface area contributed by atoms with Gasteiger partial charge in [-0.1, -0.05) is 25.1 Å². The Kier molecular flexibility index (Phi) is 3.10. The highest BCUT2D eigenvalue weighted by atomic mass is 19.1. The zero-order valence-electron chi connectivity index (χ0n) is 13.0. The van der Waals surface area contributed by atoms with E-state index in [1.165, 1.54) is 6.07 Å². The van der Waals surface area contributed by atoms with Crippen LogP contribution in [0, 0.1) is 17.1 Å². The van der Waals surface area contributed by atoms with Crippen LogP contribution in [-0.2, 0) is 6.42 Å². The molecule has 1 aromatic carbocycles. The summed E-state index contributed by atoms with van der Waals surface area (Å²) in [5.41, 5.74) is 10.4. The normalized spacial score (nSPS) is 15.5. The van der Waals surface area contributed by atoms with E-state index in [0.29, 0.717) is 23.2 Å². The van der Waals surface area contributed by atoms with E-state index in [1.807, 2.05) is 6.92 Å². The SMILES string of the molecule is CC1Cc2n[nH]cc2-c2nc(N)c(C#N)c(-c3ccccc3F)c21. The maximum absolute atomic E-state index is 14.5. The third-order valence-corrected chi connectivity index (χ3v) is 4.48. The summed E-state index contributed by atoms with van der Waals surface area (Å²) in [4.78, 5) is 4.44. The molecule has 3 aromatic rings. The largest absolute Gasteiger partial charge is 0.383 e. The second-order valence-corrected chi connectivity index (χ2v) is 5.95. The van der Waals surface area contributed by atoms with Gasteiger partial charge in [-0.05, 0) is 24.0 Å². The Hall–Kier alpha value is -3.20. The fourth-order valence-electron chi connectivity index (χ4n) is 3.43. The number of fused-ring (bicyclic) bond motifs is 3. The monoisotopic (exact) mass is 319 g/mol. The molecule has 1 aliphatic rings. The van der Waals surface area contributed by atoms with Gasteiger partial charge in [0.2, 0.25) is 0 Å². The van der Waals surface area contributed by atoms with Crippen molar-refractivity contribution in [3.8, 4) is 28.5 Å². The van der Waals surface area contributed by atoms with E-state index in [1.54, 1.807) is 24.4 Å². The number of nitrogens with one attached hydrogen (secondary N) is 1. The average Bonchev–Trinajstić information content (AvgIpc) is 3.03. The van der Waals surface area contributed by atoms with Crippen LogP contribution in [0.2, 0.25) is 0 Å². The molecular formula is C18H14FN5. The van der Waals surface area contributed by atoms with Gasteiger partial charge in [-0.15, -0.1) is 0 Å². The molecule has 1 atom stereocenters. The molecule has 0 spiro atoms. The van der Waals surface area contributed by atoms with Crippen molar-refractivity contribution >= 4 is 5.82 Å². The van der Waals surface area contributed by atoms with Crippen LogP contribution >= 0.6 is 0 Å². The van der Waals surface area contributed by atoms with Gasteiger partial charge in [-0.2, -0.15) is 10.4 Å². The highest BCUT2D eigenvalue weighted by molar-refractivity contribution is 5.86. The number of aromatic amines is 1. The van der Waals surface area contributed by atoms with Gasteiger partial charge in [-0.3, -0.25) is 5.10 Å². The molecule has 0 amide bonds. The number of hydrogen-bond acceptors (Lipinski definition) is 4. The summed E-state index contributed by atoms with van der Waals surface area (Å²) >= 11 is 0. The van der Waals surface area contributed by atoms with Crippen molar-refractivity contribution in [3.63, 3.8) is 0 Å². The number of nitrogens with zero attached hydrogens (tertiary/aromatic N) is 3. The Morgan fingerprint density at radius 2 is 2.12 bits per heavy atom. The maximum Gasteiger partial charge on any atom is 0.142 e. The lowest BCUT2D eigenvalue weighted by atomic mass is 9.80. The van der Waals surface area contributed by atoms with Gasteiger partial charge in [0, 0.05) is 22.9 Å². The summed E-state index contributed by atoms with van der Waals surface area (Å²) in [6, 6.07) is 8.53. The first-order chi connectivity index (χ1) is 11.6. The Labute approximate surface area is 138 Å². The van der Waals surface area contributed by atoms with Gasteiger partial charge in [0.25, 0.3) is 0 Å². The third-order valence-electron chi connectivity index (χ3n) is 4.48. The minimum absolute atomic E-state index is 0.0469. The van der Waals surface area contributed by atoms with Gasteiger partial charge < -0.3 is 5.73 Å². The molecule has 0 saturated heterocycles. The van der Waals surface area contributed by atoms with Crippen LogP contribution in [-0.4, -0.2) is 15.2 Å². The molecule has 24 heavy (non-hydrogen) atoms. The second-order valence-electron chi connectivity index (χ2n) is 5.95. The van der Waals surface area contributed by atoms with E-state index in [0.717, 1.165) is 16.8 Å². The van der Waals surface area contributed by atoms with Crippen LogP contribution < -0.4 is 5.73 Å². The molecule has 0 saturated carbocycles. The summed E-state index contributed by atoms with van der Waals surface area (Å²) in [5, 5.41) is 16.7. The summed E-state index contributed by atoms with van der Waals surface area (Å²) in [7, 11) is 0. The molecule has 2 heterocycles. The molecule has 118 valence electrons. The van der Waals surface area contributed by atoms with Gasteiger partial charge >= 0.3 is 0 Å². The molecule has 5 nitrogen and oxygen atoms in total. The van der Waals surface area contributed by atoms with Gasteiger partial charge in [0.15, 0.2) is 0 Å². The average molecular weight is 319 g/mol. The molecule has 1 unspecified atom stereocenters. The maximum atomic E-state index is 14.5. The first-order valence-electron chi connectivity index (χ1n) is 7.63. The molecule has 2 aromatic heterocycles. The van der Waals surface area contributed by atoms with E-state index in [-0.39, 0.29) is 23.1 Å². The van der Waals surface area contributed by atoms with E-state index in [2.05, 4.69) is 21.3 Å². The van der Waals surface area contributed by atoms with Crippen molar-refractivity contribution in [3.05, 3.63) is 53.1 Å². The summed E-state index contributed by atoms with van der Waals surface area (Å²) < 4.78 is 14.5. The number of benzene rings is 1. The minimum Gasteiger partial charge on any atom is -0.383 e. The van der Waals surface area contributed by atoms with Crippen LogP contribution in [0.3, 0.4) is 0 Å². The smallest absolute Gasteiger partial charge is 0.142 e. The number of rotatable bonds is 1. The first kappa shape index (κ1) is 14.4. The fraction of sp³-hybridized carbons (Fsp3) is 0.167. The van der Waals surface area contributed by atoms with Crippen molar-refractivity contribution in [2.45, 2.75) is 19.3 Å². The standard InChI is InChI=1S/C18H14FN5/c1-9-6-14-12(8-22-24-14)17-15(9)16(11(7-20)18(21)23-17)10-4-2-3-5-13(10)19/h2-5,8-9H,6H2,1H3,(H2,21,23)(H,22,24). The molecule has 1 aliphatic carbocycles. The highest BCUT2D eigenvalue weighted by Crippen LogP contribution is 2.45. The number of nitriles is 1. The Morgan fingerprint density at radius 3 is 2.88 bits per heavy atom. The van der Waals surface area contributed by atoms with Crippen LogP contribution in [0.4, 0.5) is 10.2 Å². The Balaban J connectivity index is 2.15. The van der Waals surface area contributed by atoms with E-state index < -0.39 is 0 Å². The third kappa shape index (κ3) is 1.91. The number of pyridine rings is 1. The number of anilines is 1. The van der Waals surface area contributed by atoms with Gasteiger partial charge in [-0.25, -0.2) is 9.37 Å². The summed E-state index contributed by atoms with van der Waals surface area (Å²) in [5.74, 6) is -0.228. The van der Waals surface area contributed by atoms with E-state index >= 15 is 0 Å². The zero-order chi connectivity index (χ0) is 16.8. The number of hydrogen-bond donors (Lipinski definition) is 2. The minimum atomic E-state index is -0.382. The van der Waals surface area contributed by atoms with Crippen LogP contribution in [0.25, 0.3) is 22.4 Å². The molecule has 0 fully saturated rings. The quantitative estimate of drug-likeness (QED) is 0.719. The fourth-order valence-corrected chi connectivity index (χ4v) is 3.43. The highest BCUT2D eigenvalue weighted by Gasteiger charge is 2.31. The van der Waals surface area contributed by atoms with E-state index in [4.69, 9.17) is 5.73 Å². The Bertz CT molecular complexity index is 999. The van der Waals surface area contributed by atoms with Crippen molar-refractivity contribution < 1.29 is 4.39 Å². The molecular weight excluding hydrogens is 305 g/mol. The lowest BCUT2D eigenvalue weighted by Crippen LogP contribution is -2.14. The van der Waals surface area contributed by atoms with Crippen molar-refractivity contribution in [2.75, 3.05) is 5.73 Å². The molecule has 6 heteroatoms. The number of nitrogens with two attached hydrogens (primary N) is 1. The van der Waals surface area contributed by atoms with Crippen molar-refractivity contribution in [1.82, 2.24) is 15.2 Å². The van der Waals surface area contributed by atoms with Crippen molar-refractivity contribution in [2.24, 2.45) is 0 Å². The number of nitrogen functional groups attached to an aromatic ring is 1. The molecule has 0 bridgehead atoms. The number of halogens is 1. The van der Waals surface area contributed by atoms with Crippen LogP contribution in [0.15, 0.2) is 30.5 Å². The number of H-pyrrole nitrogens is 1. The zero-order valence-corrected chi connectivity index (χ0v) is 13.0. The summed E-state index contributed by atoms with van der Waals surface area (Å²) in [6.45, 7) is 2.03. The predicted octanol–water partition coefficient (Wildman–Crippen LogP) is 3.39. The first-order valence-corrected chi connectivity index (χ1v) is 7.63. The van der Waals surface area contributed by atoms with Crippen LogP contribution in [0.1, 0.15) is 29.7 Å². The van der Waals surface area contributed by atoms with Crippen molar-refractivity contribution in [1.29, 1.82) is 5.26 Å². The van der Waals surface area contributed by atoms with Gasteiger partial charge in [0.1, 0.15) is 23.3 Å². The lowest BCUT2D eigenvalue weighted by Gasteiger charge is -2.25. The molecule has 0 aliphatic heterocycles. The lowest BCUT2D eigenvalue weighted by molar-refractivity contribution is 0.630. The molecule has 4 rings (SSSR count). The summed E-state index contributed by atoms with van der Waals surface area (Å²) in [6.07, 6.45) is 2.47. The van der Waals surface area contributed by atoms with Crippen LogP contribution in [0.5, 0.6) is 0 Å². The second kappa shape index (κ2) is 5.17. The predicted molar refractivity (Wildman–Crippen MR) is 88.5 cm³/mol. The van der Waals surface area contributed by atoms with Gasteiger partial charge in [0.05, 0.1) is 11.4 Å². The Morgan fingerprint density at radius 1 is 1.33 bits per heavy atom. The molecule has 0 radical (unpaired) electrons. The van der Waals surface area contributed by atoms with E-state index in [9.17, 15) is 9.65 Å².